The van der Waals surface area contributed by atoms with Gasteiger partial charge in [-0.1, -0.05) is 39.8 Å². The molecule has 0 N–H and O–H groups in total. The second-order valence-corrected chi connectivity index (χ2v) is 3.97. The summed E-state index contributed by atoms with van der Waals surface area (Å²) in [6.07, 6.45) is 4.27. The minimum absolute atomic E-state index is 0.689. The van der Waals surface area contributed by atoms with Crippen LogP contribution in [-0.2, 0) is 0 Å². The van der Waals surface area contributed by atoms with E-state index in [2.05, 4.69) is 43.1 Å². The van der Waals surface area contributed by atoms with Crippen LogP contribution in [0.3, 0.4) is 0 Å². The molecule has 2 aromatic rings. The Hall–Kier alpha value is -1.37. The van der Waals surface area contributed by atoms with Crippen LogP contribution in [0.5, 0.6) is 0 Å². The van der Waals surface area contributed by atoms with Crippen LogP contribution < -0.4 is 0 Å². The SMILES string of the molecule is CC.CCC(CC)c1ccc2ncccc2c1. The Balaban J connectivity index is 0.000000686. The van der Waals surface area contributed by atoms with Gasteiger partial charge in [-0.25, -0.2) is 0 Å². The monoisotopic (exact) mass is 229 g/mol. The first-order valence-corrected chi connectivity index (χ1v) is 6.69. The summed E-state index contributed by atoms with van der Waals surface area (Å²) in [7, 11) is 0. The molecule has 0 saturated heterocycles. The number of aromatic nitrogens is 1. The normalized spacial score (nSPS) is 10.2. The molecule has 0 radical (unpaired) electrons. The molecule has 0 spiro atoms. The number of pyridine rings is 1. The van der Waals surface area contributed by atoms with E-state index in [1.54, 1.807) is 0 Å². The number of nitrogens with zero attached hydrogens (tertiary/aromatic N) is 1. The van der Waals surface area contributed by atoms with Gasteiger partial charge in [0.15, 0.2) is 0 Å². The van der Waals surface area contributed by atoms with E-state index >= 15 is 0 Å². The summed E-state index contributed by atoms with van der Waals surface area (Å²) in [5.74, 6) is 0.689. The second-order valence-electron chi connectivity index (χ2n) is 3.97. The Kier molecular flexibility index (Phi) is 5.68. The molecule has 0 bridgehead atoms. The molecule has 1 heteroatoms. The Morgan fingerprint density at radius 3 is 2.41 bits per heavy atom. The molecule has 2 rings (SSSR count). The van der Waals surface area contributed by atoms with Crippen LogP contribution in [0.25, 0.3) is 10.9 Å². The highest BCUT2D eigenvalue weighted by molar-refractivity contribution is 5.79. The van der Waals surface area contributed by atoms with Gasteiger partial charge in [-0.3, -0.25) is 4.98 Å². The highest BCUT2D eigenvalue weighted by atomic mass is 14.6. The molecule has 1 heterocycles. The number of hydrogen-bond donors (Lipinski definition) is 0. The Bertz CT molecular complexity index is 444. The third-order valence-corrected chi connectivity index (χ3v) is 3.08. The molecule has 0 amide bonds. The maximum atomic E-state index is 4.33. The average molecular weight is 229 g/mol. The maximum absolute atomic E-state index is 4.33. The van der Waals surface area contributed by atoms with Crippen molar-refractivity contribution in [1.29, 1.82) is 0 Å². The van der Waals surface area contributed by atoms with Crippen LogP contribution in [0.4, 0.5) is 0 Å². The lowest BCUT2D eigenvalue weighted by Gasteiger charge is -2.13. The first-order valence-electron chi connectivity index (χ1n) is 6.69. The van der Waals surface area contributed by atoms with Gasteiger partial charge in [0.25, 0.3) is 0 Å². The molecule has 1 nitrogen and oxygen atoms in total. The van der Waals surface area contributed by atoms with E-state index in [0.29, 0.717) is 5.92 Å². The van der Waals surface area contributed by atoms with E-state index in [0.717, 1.165) is 5.52 Å². The fourth-order valence-electron chi connectivity index (χ4n) is 2.11. The van der Waals surface area contributed by atoms with Crippen molar-refractivity contribution in [3.05, 3.63) is 42.1 Å². The molecule has 17 heavy (non-hydrogen) atoms. The Morgan fingerprint density at radius 1 is 1.06 bits per heavy atom. The van der Waals surface area contributed by atoms with E-state index in [-0.39, 0.29) is 0 Å². The summed E-state index contributed by atoms with van der Waals surface area (Å²) in [4.78, 5) is 4.33. The van der Waals surface area contributed by atoms with Gasteiger partial charge < -0.3 is 0 Å². The molecule has 0 aliphatic rings. The van der Waals surface area contributed by atoms with E-state index in [9.17, 15) is 0 Å². The number of benzene rings is 1. The third-order valence-electron chi connectivity index (χ3n) is 3.08. The number of hydrogen-bond acceptors (Lipinski definition) is 1. The van der Waals surface area contributed by atoms with Crippen molar-refractivity contribution in [2.45, 2.75) is 46.5 Å². The molecule has 0 atom stereocenters. The molecular weight excluding hydrogens is 206 g/mol. The molecule has 0 fully saturated rings. The van der Waals surface area contributed by atoms with Gasteiger partial charge in [0.2, 0.25) is 0 Å². The van der Waals surface area contributed by atoms with Gasteiger partial charge in [-0.2, -0.15) is 0 Å². The largest absolute Gasteiger partial charge is 0.256 e. The average Bonchev–Trinajstić information content (AvgIpc) is 2.42. The molecule has 92 valence electrons. The van der Waals surface area contributed by atoms with E-state index in [4.69, 9.17) is 0 Å². The fourth-order valence-corrected chi connectivity index (χ4v) is 2.11. The lowest BCUT2D eigenvalue weighted by atomic mass is 9.93. The zero-order valence-electron chi connectivity index (χ0n) is 11.4. The third kappa shape index (κ3) is 3.29. The summed E-state index contributed by atoms with van der Waals surface area (Å²) in [6.45, 7) is 8.50. The van der Waals surface area contributed by atoms with Crippen LogP contribution in [0.2, 0.25) is 0 Å². The predicted molar refractivity (Wildman–Crippen MR) is 76.4 cm³/mol. The zero-order chi connectivity index (χ0) is 12.7. The topological polar surface area (TPSA) is 12.9 Å². The molecule has 1 aromatic carbocycles. The van der Waals surface area contributed by atoms with Gasteiger partial charge >= 0.3 is 0 Å². The summed E-state index contributed by atoms with van der Waals surface area (Å²) in [6, 6.07) is 10.8. The molecule has 0 aliphatic carbocycles. The van der Waals surface area contributed by atoms with Gasteiger partial charge in [0, 0.05) is 11.6 Å². The van der Waals surface area contributed by atoms with Crippen molar-refractivity contribution in [3.63, 3.8) is 0 Å². The number of rotatable bonds is 3. The second kappa shape index (κ2) is 7.05. The minimum Gasteiger partial charge on any atom is -0.256 e. The standard InChI is InChI=1S/C14H17N.C2H6/c1-3-11(4-2)12-7-8-14-13(10-12)6-5-9-15-14;1-2/h5-11H,3-4H2,1-2H3;1-2H3. The van der Waals surface area contributed by atoms with E-state index in [1.165, 1.54) is 23.8 Å². The highest BCUT2D eigenvalue weighted by Crippen LogP contribution is 2.25. The molecule has 0 unspecified atom stereocenters. The smallest absolute Gasteiger partial charge is 0.0702 e. The lowest BCUT2D eigenvalue weighted by Crippen LogP contribution is -1.95. The molecular formula is C16H23N. The van der Waals surface area contributed by atoms with Gasteiger partial charge in [0.05, 0.1) is 5.52 Å². The summed E-state index contributed by atoms with van der Waals surface area (Å²) >= 11 is 0. The van der Waals surface area contributed by atoms with Gasteiger partial charge in [0.1, 0.15) is 0 Å². The Labute approximate surface area is 105 Å². The quantitative estimate of drug-likeness (QED) is 0.708. The predicted octanol–water partition coefficient (Wildman–Crippen LogP) is 5.16. The van der Waals surface area contributed by atoms with Crippen LogP contribution in [0.15, 0.2) is 36.5 Å². The van der Waals surface area contributed by atoms with Crippen LogP contribution in [-0.4, -0.2) is 4.98 Å². The summed E-state index contributed by atoms with van der Waals surface area (Å²) in [5, 5.41) is 1.25. The van der Waals surface area contributed by atoms with Crippen molar-refractivity contribution in [3.8, 4) is 0 Å². The summed E-state index contributed by atoms with van der Waals surface area (Å²) in [5.41, 5.74) is 2.53. The van der Waals surface area contributed by atoms with Crippen molar-refractivity contribution in [1.82, 2.24) is 4.98 Å². The fraction of sp³-hybridized carbons (Fsp3) is 0.438. The van der Waals surface area contributed by atoms with Crippen molar-refractivity contribution >= 4 is 10.9 Å². The maximum Gasteiger partial charge on any atom is 0.0702 e. The van der Waals surface area contributed by atoms with E-state index in [1.807, 2.05) is 26.1 Å². The van der Waals surface area contributed by atoms with Gasteiger partial charge in [-0.15, -0.1) is 0 Å². The first-order chi connectivity index (χ1) is 8.35. The van der Waals surface area contributed by atoms with Crippen LogP contribution in [0.1, 0.15) is 52.0 Å². The first kappa shape index (κ1) is 13.7. The molecule has 0 saturated carbocycles. The Morgan fingerprint density at radius 2 is 1.76 bits per heavy atom. The highest BCUT2D eigenvalue weighted by Gasteiger charge is 2.06. The van der Waals surface area contributed by atoms with Crippen molar-refractivity contribution in [2.75, 3.05) is 0 Å². The lowest BCUT2D eigenvalue weighted by molar-refractivity contribution is 0.642. The van der Waals surface area contributed by atoms with Crippen molar-refractivity contribution < 1.29 is 0 Å². The zero-order valence-corrected chi connectivity index (χ0v) is 11.4. The molecule has 0 aliphatic heterocycles. The van der Waals surface area contributed by atoms with Gasteiger partial charge in [-0.05, 0) is 42.5 Å². The molecule has 1 aromatic heterocycles. The van der Waals surface area contributed by atoms with Crippen LogP contribution in [0, 0.1) is 0 Å². The minimum atomic E-state index is 0.689. The van der Waals surface area contributed by atoms with Crippen molar-refractivity contribution in [2.24, 2.45) is 0 Å². The van der Waals surface area contributed by atoms with Crippen LogP contribution >= 0.6 is 0 Å². The summed E-state index contributed by atoms with van der Waals surface area (Å²) < 4.78 is 0. The number of fused-ring (bicyclic) bond motifs is 1. The van der Waals surface area contributed by atoms with E-state index < -0.39 is 0 Å².